The van der Waals surface area contributed by atoms with E-state index in [0.29, 0.717) is 18.7 Å². The van der Waals surface area contributed by atoms with Crippen LogP contribution in [0.25, 0.3) is 0 Å². The summed E-state index contributed by atoms with van der Waals surface area (Å²) in [5, 5.41) is 16.7. The predicted molar refractivity (Wildman–Crippen MR) is 78.9 cm³/mol. The molecule has 2 N–H and O–H groups in total. The minimum atomic E-state index is -0.424. The van der Waals surface area contributed by atoms with Crippen molar-refractivity contribution in [2.75, 3.05) is 20.3 Å². The standard InChI is InChI=1S/C14H21N3O4/c1-11(14(18)15-8-5-9-21-2)16-10-12-6-3-4-7-13(12)17(19)20/h3-4,6-7,11,16H,5,8-10H2,1-2H3,(H,15,18). The maximum atomic E-state index is 11.8. The Balaban J connectivity index is 2.44. The van der Waals surface area contributed by atoms with Gasteiger partial charge >= 0.3 is 0 Å². The van der Waals surface area contributed by atoms with E-state index >= 15 is 0 Å². The molecule has 0 saturated heterocycles. The number of rotatable bonds is 9. The maximum absolute atomic E-state index is 11.8. The molecular formula is C14H21N3O4. The van der Waals surface area contributed by atoms with Gasteiger partial charge in [0.05, 0.1) is 11.0 Å². The summed E-state index contributed by atoms with van der Waals surface area (Å²) in [6, 6.07) is 6.06. The first-order valence-electron chi connectivity index (χ1n) is 6.78. The third-order valence-corrected chi connectivity index (χ3v) is 3.00. The van der Waals surface area contributed by atoms with E-state index in [4.69, 9.17) is 4.74 Å². The van der Waals surface area contributed by atoms with Crippen molar-refractivity contribution in [3.8, 4) is 0 Å². The van der Waals surface area contributed by atoms with Crippen molar-refractivity contribution in [1.82, 2.24) is 10.6 Å². The third kappa shape index (κ3) is 5.88. The van der Waals surface area contributed by atoms with Crippen LogP contribution in [0.5, 0.6) is 0 Å². The number of carbonyl (C=O) groups excluding carboxylic acids is 1. The lowest BCUT2D eigenvalue weighted by atomic mass is 10.1. The molecule has 0 saturated carbocycles. The van der Waals surface area contributed by atoms with Gasteiger partial charge in [-0.1, -0.05) is 18.2 Å². The number of nitro groups is 1. The van der Waals surface area contributed by atoms with Crippen LogP contribution in [0.2, 0.25) is 0 Å². The summed E-state index contributed by atoms with van der Waals surface area (Å²) in [7, 11) is 1.61. The van der Waals surface area contributed by atoms with Crippen molar-refractivity contribution >= 4 is 11.6 Å². The average Bonchev–Trinajstić information content (AvgIpc) is 2.49. The molecule has 1 aromatic rings. The molecule has 7 heteroatoms. The van der Waals surface area contributed by atoms with Crippen molar-refractivity contribution < 1.29 is 14.5 Å². The van der Waals surface area contributed by atoms with Crippen LogP contribution < -0.4 is 10.6 Å². The number of para-hydroxylation sites is 1. The Kier molecular flexibility index (Phi) is 7.34. The number of methoxy groups -OCH3 is 1. The number of nitrogens with zero attached hydrogens (tertiary/aromatic N) is 1. The summed E-state index contributed by atoms with van der Waals surface area (Å²) in [5.74, 6) is -0.135. The van der Waals surface area contributed by atoms with Gasteiger partial charge < -0.3 is 15.4 Å². The Morgan fingerprint density at radius 1 is 1.43 bits per heavy atom. The smallest absolute Gasteiger partial charge is 0.273 e. The van der Waals surface area contributed by atoms with Gasteiger partial charge in [-0.15, -0.1) is 0 Å². The van der Waals surface area contributed by atoms with Gasteiger partial charge in [0.15, 0.2) is 0 Å². The maximum Gasteiger partial charge on any atom is 0.273 e. The molecule has 7 nitrogen and oxygen atoms in total. The van der Waals surface area contributed by atoms with Crippen molar-refractivity contribution in [3.63, 3.8) is 0 Å². The van der Waals surface area contributed by atoms with Gasteiger partial charge in [-0.2, -0.15) is 0 Å². The summed E-state index contributed by atoms with van der Waals surface area (Å²) in [6.45, 7) is 3.13. The highest BCUT2D eigenvalue weighted by Gasteiger charge is 2.15. The fraction of sp³-hybridized carbons (Fsp3) is 0.500. The zero-order chi connectivity index (χ0) is 15.7. The van der Waals surface area contributed by atoms with Gasteiger partial charge in [0.25, 0.3) is 5.69 Å². The van der Waals surface area contributed by atoms with E-state index in [1.807, 2.05) is 0 Å². The Labute approximate surface area is 123 Å². The normalized spacial score (nSPS) is 11.9. The van der Waals surface area contributed by atoms with Gasteiger partial charge in [0, 0.05) is 38.4 Å². The third-order valence-electron chi connectivity index (χ3n) is 3.00. The molecule has 1 atom stereocenters. The molecular weight excluding hydrogens is 274 g/mol. The average molecular weight is 295 g/mol. The Morgan fingerprint density at radius 3 is 2.81 bits per heavy atom. The molecule has 0 aliphatic heterocycles. The molecule has 0 spiro atoms. The zero-order valence-electron chi connectivity index (χ0n) is 12.3. The molecule has 1 aromatic carbocycles. The quantitative estimate of drug-likeness (QED) is 0.406. The highest BCUT2D eigenvalue weighted by molar-refractivity contribution is 5.81. The minimum absolute atomic E-state index is 0.0534. The van der Waals surface area contributed by atoms with Crippen LogP contribution in [0.3, 0.4) is 0 Å². The first-order chi connectivity index (χ1) is 10.1. The van der Waals surface area contributed by atoms with Crippen molar-refractivity contribution in [2.24, 2.45) is 0 Å². The zero-order valence-corrected chi connectivity index (χ0v) is 12.3. The summed E-state index contributed by atoms with van der Waals surface area (Å²) < 4.78 is 4.89. The van der Waals surface area contributed by atoms with E-state index in [-0.39, 0.29) is 18.1 Å². The molecule has 1 unspecified atom stereocenters. The Hall–Kier alpha value is -1.99. The summed E-state index contributed by atoms with van der Waals surface area (Å²) in [5.41, 5.74) is 0.610. The van der Waals surface area contributed by atoms with Gasteiger partial charge in [0.2, 0.25) is 5.91 Å². The van der Waals surface area contributed by atoms with E-state index < -0.39 is 11.0 Å². The molecule has 0 bridgehead atoms. The van der Waals surface area contributed by atoms with Gasteiger partial charge in [-0.3, -0.25) is 14.9 Å². The number of nitrogens with one attached hydrogen (secondary N) is 2. The number of carbonyl (C=O) groups is 1. The molecule has 0 heterocycles. The van der Waals surface area contributed by atoms with Crippen LogP contribution in [0, 0.1) is 10.1 Å². The fourth-order valence-electron chi connectivity index (χ4n) is 1.78. The lowest BCUT2D eigenvalue weighted by Crippen LogP contribution is -2.42. The summed E-state index contributed by atoms with van der Waals surface area (Å²) >= 11 is 0. The van der Waals surface area contributed by atoms with E-state index in [1.54, 1.807) is 32.2 Å². The number of ether oxygens (including phenoxy) is 1. The van der Waals surface area contributed by atoms with Crippen LogP contribution in [0.1, 0.15) is 18.9 Å². The van der Waals surface area contributed by atoms with E-state index in [0.717, 1.165) is 6.42 Å². The molecule has 0 aliphatic rings. The van der Waals surface area contributed by atoms with Crippen LogP contribution in [-0.2, 0) is 16.1 Å². The topological polar surface area (TPSA) is 93.5 Å². The lowest BCUT2D eigenvalue weighted by Gasteiger charge is -2.14. The highest BCUT2D eigenvalue weighted by atomic mass is 16.6. The number of hydrogen-bond donors (Lipinski definition) is 2. The summed E-state index contributed by atoms with van der Waals surface area (Å²) in [6.07, 6.45) is 0.749. The second kappa shape index (κ2) is 9.04. The van der Waals surface area contributed by atoms with Gasteiger partial charge in [-0.05, 0) is 13.3 Å². The number of benzene rings is 1. The monoisotopic (exact) mass is 295 g/mol. The first-order valence-corrected chi connectivity index (χ1v) is 6.78. The second-order valence-electron chi connectivity index (χ2n) is 4.63. The molecule has 116 valence electrons. The molecule has 0 aromatic heterocycles. The number of nitro benzene ring substituents is 1. The lowest BCUT2D eigenvalue weighted by molar-refractivity contribution is -0.385. The summed E-state index contributed by atoms with van der Waals surface area (Å²) in [4.78, 5) is 22.3. The minimum Gasteiger partial charge on any atom is -0.385 e. The van der Waals surface area contributed by atoms with Crippen LogP contribution in [0.4, 0.5) is 5.69 Å². The first kappa shape index (κ1) is 17.1. The van der Waals surface area contributed by atoms with Crippen molar-refractivity contribution in [3.05, 3.63) is 39.9 Å². The number of hydrogen-bond acceptors (Lipinski definition) is 5. The number of amides is 1. The second-order valence-corrected chi connectivity index (χ2v) is 4.63. The molecule has 0 fully saturated rings. The van der Waals surface area contributed by atoms with E-state index in [9.17, 15) is 14.9 Å². The van der Waals surface area contributed by atoms with Crippen LogP contribution in [-0.4, -0.2) is 37.1 Å². The Morgan fingerprint density at radius 2 is 2.14 bits per heavy atom. The van der Waals surface area contributed by atoms with Crippen LogP contribution >= 0.6 is 0 Å². The molecule has 1 amide bonds. The van der Waals surface area contributed by atoms with Gasteiger partial charge in [0.1, 0.15) is 0 Å². The fourth-order valence-corrected chi connectivity index (χ4v) is 1.78. The SMILES string of the molecule is COCCCNC(=O)C(C)NCc1ccccc1[N+](=O)[O-]. The molecule has 21 heavy (non-hydrogen) atoms. The van der Waals surface area contributed by atoms with Gasteiger partial charge in [-0.25, -0.2) is 0 Å². The molecule has 1 rings (SSSR count). The molecule has 0 radical (unpaired) electrons. The van der Waals surface area contributed by atoms with Crippen LogP contribution in [0.15, 0.2) is 24.3 Å². The highest BCUT2D eigenvalue weighted by Crippen LogP contribution is 2.17. The van der Waals surface area contributed by atoms with Crippen molar-refractivity contribution in [1.29, 1.82) is 0 Å². The largest absolute Gasteiger partial charge is 0.385 e. The van der Waals surface area contributed by atoms with E-state index in [2.05, 4.69) is 10.6 Å². The molecule has 0 aliphatic carbocycles. The Bertz CT molecular complexity index is 479. The predicted octanol–water partition coefficient (Wildman–Crippen LogP) is 1.23. The van der Waals surface area contributed by atoms with Crippen molar-refractivity contribution in [2.45, 2.75) is 25.9 Å². The van der Waals surface area contributed by atoms with E-state index in [1.165, 1.54) is 6.07 Å².